The van der Waals surface area contributed by atoms with E-state index in [4.69, 9.17) is 22.1 Å². The number of carbonyl (C=O) groups excluding carboxylic acids is 1. The standard InChI is InChI=1S/C10H12ClNO2/c1-6-5-8(11)3-4-9(6)14-10(13)7(2)12/h3-5,7H,12H2,1-2H3. The van der Waals surface area contributed by atoms with Gasteiger partial charge in [0.2, 0.25) is 0 Å². The van der Waals surface area contributed by atoms with Crippen LogP contribution in [0.3, 0.4) is 0 Å². The predicted molar refractivity (Wildman–Crippen MR) is 55.5 cm³/mol. The first kappa shape index (κ1) is 11.0. The monoisotopic (exact) mass is 213 g/mol. The van der Waals surface area contributed by atoms with Gasteiger partial charge in [0.15, 0.2) is 0 Å². The SMILES string of the molecule is Cc1cc(Cl)ccc1OC(=O)C(C)N. The third kappa shape index (κ3) is 2.72. The number of ether oxygens (including phenoxy) is 1. The van der Waals surface area contributed by atoms with Crippen molar-refractivity contribution in [1.82, 2.24) is 0 Å². The van der Waals surface area contributed by atoms with Crippen LogP contribution >= 0.6 is 11.6 Å². The van der Waals surface area contributed by atoms with Crippen LogP contribution in [0.4, 0.5) is 0 Å². The number of benzene rings is 1. The van der Waals surface area contributed by atoms with Gasteiger partial charge in [-0.3, -0.25) is 0 Å². The van der Waals surface area contributed by atoms with Crippen molar-refractivity contribution in [3.8, 4) is 5.75 Å². The maximum Gasteiger partial charge on any atom is 0.328 e. The molecule has 0 aromatic heterocycles. The Labute approximate surface area is 87.8 Å². The minimum absolute atomic E-state index is 0.449. The van der Waals surface area contributed by atoms with Crippen molar-refractivity contribution in [3.63, 3.8) is 0 Å². The molecule has 2 N–H and O–H groups in total. The number of hydrogen-bond donors (Lipinski definition) is 1. The summed E-state index contributed by atoms with van der Waals surface area (Å²) >= 11 is 5.75. The number of hydrogen-bond acceptors (Lipinski definition) is 3. The van der Waals surface area contributed by atoms with Crippen molar-refractivity contribution in [3.05, 3.63) is 28.8 Å². The number of carbonyl (C=O) groups is 1. The highest BCUT2D eigenvalue weighted by molar-refractivity contribution is 6.30. The molecule has 1 rings (SSSR count). The molecule has 0 aliphatic rings. The van der Waals surface area contributed by atoms with E-state index in [1.807, 2.05) is 6.92 Å². The Morgan fingerprint density at radius 3 is 2.71 bits per heavy atom. The summed E-state index contributed by atoms with van der Waals surface area (Å²) in [4.78, 5) is 11.2. The van der Waals surface area contributed by atoms with Crippen molar-refractivity contribution >= 4 is 17.6 Å². The minimum atomic E-state index is -0.620. The molecule has 1 unspecified atom stereocenters. The van der Waals surface area contributed by atoms with Gasteiger partial charge in [-0.25, -0.2) is 4.79 Å². The van der Waals surface area contributed by atoms with Gasteiger partial charge >= 0.3 is 5.97 Å². The summed E-state index contributed by atoms with van der Waals surface area (Å²) in [5, 5.41) is 0.614. The second-order valence-electron chi connectivity index (χ2n) is 3.12. The summed E-state index contributed by atoms with van der Waals surface area (Å²) in [6.07, 6.45) is 0. The lowest BCUT2D eigenvalue weighted by Gasteiger charge is -2.09. The Kier molecular flexibility index (Phi) is 3.49. The Bertz CT molecular complexity index is 350. The van der Waals surface area contributed by atoms with E-state index >= 15 is 0 Å². The van der Waals surface area contributed by atoms with Crippen LogP contribution in [0.5, 0.6) is 5.75 Å². The summed E-state index contributed by atoms with van der Waals surface area (Å²) in [6, 6.07) is 4.42. The second-order valence-corrected chi connectivity index (χ2v) is 3.56. The highest BCUT2D eigenvalue weighted by atomic mass is 35.5. The van der Waals surface area contributed by atoms with Crippen molar-refractivity contribution < 1.29 is 9.53 Å². The third-order valence-corrected chi connectivity index (χ3v) is 1.95. The van der Waals surface area contributed by atoms with Crippen molar-refractivity contribution in [2.24, 2.45) is 5.73 Å². The molecule has 0 aliphatic carbocycles. The van der Waals surface area contributed by atoms with E-state index < -0.39 is 12.0 Å². The van der Waals surface area contributed by atoms with Gasteiger partial charge < -0.3 is 10.5 Å². The average Bonchev–Trinajstić information content (AvgIpc) is 2.09. The predicted octanol–water partition coefficient (Wildman–Crippen LogP) is 1.90. The Morgan fingerprint density at radius 2 is 2.21 bits per heavy atom. The third-order valence-electron chi connectivity index (χ3n) is 1.72. The van der Waals surface area contributed by atoms with E-state index in [2.05, 4.69) is 0 Å². The molecule has 14 heavy (non-hydrogen) atoms. The molecule has 0 bridgehead atoms. The zero-order valence-electron chi connectivity index (χ0n) is 8.08. The molecule has 76 valence electrons. The summed E-state index contributed by atoms with van der Waals surface area (Å²) < 4.78 is 5.04. The first-order valence-corrected chi connectivity index (χ1v) is 4.62. The van der Waals surface area contributed by atoms with Crippen LogP contribution in [-0.4, -0.2) is 12.0 Å². The lowest BCUT2D eigenvalue weighted by Crippen LogP contribution is -2.31. The molecular weight excluding hydrogens is 202 g/mol. The molecular formula is C10H12ClNO2. The fraction of sp³-hybridized carbons (Fsp3) is 0.300. The molecule has 0 fully saturated rings. The van der Waals surface area contributed by atoms with E-state index in [-0.39, 0.29) is 0 Å². The fourth-order valence-corrected chi connectivity index (χ4v) is 1.16. The van der Waals surface area contributed by atoms with Crippen LogP contribution in [-0.2, 0) is 4.79 Å². The van der Waals surface area contributed by atoms with Gasteiger partial charge in [-0.2, -0.15) is 0 Å². The molecule has 4 heteroatoms. The molecule has 0 aliphatic heterocycles. The molecule has 0 amide bonds. The summed E-state index contributed by atoms with van der Waals surface area (Å²) in [7, 11) is 0. The topological polar surface area (TPSA) is 52.3 Å². The number of esters is 1. The van der Waals surface area contributed by atoms with E-state index in [0.717, 1.165) is 5.56 Å². The molecule has 0 spiro atoms. The van der Waals surface area contributed by atoms with Gasteiger partial charge in [-0.1, -0.05) is 11.6 Å². The van der Waals surface area contributed by atoms with Gasteiger partial charge in [0, 0.05) is 5.02 Å². The molecule has 0 saturated carbocycles. The van der Waals surface area contributed by atoms with E-state index in [1.165, 1.54) is 0 Å². The molecule has 1 atom stereocenters. The Balaban J connectivity index is 2.82. The maximum atomic E-state index is 11.2. The second kappa shape index (κ2) is 4.44. The maximum absolute atomic E-state index is 11.2. The molecule has 0 heterocycles. The van der Waals surface area contributed by atoms with Gasteiger partial charge in [-0.05, 0) is 37.6 Å². The fourth-order valence-electron chi connectivity index (χ4n) is 0.929. The number of nitrogens with two attached hydrogens (primary N) is 1. The van der Waals surface area contributed by atoms with E-state index in [0.29, 0.717) is 10.8 Å². The van der Waals surface area contributed by atoms with Crippen molar-refractivity contribution in [1.29, 1.82) is 0 Å². The van der Waals surface area contributed by atoms with Crippen LogP contribution < -0.4 is 10.5 Å². The largest absolute Gasteiger partial charge is 0.425 e. The smallest absolute Gasteiger partial charge is 0.328 e. The quantitative estimate of drug-likeness (QED) is 0.603. The lowest BCUT2D eigenvalue weighted by atomic mass is 10.2. The Hall–Kier alpha value is -1.06. The summed E-state index contributed by atoms with van der Waals surface area (Å²) in [5.41, 5.74) is 6.17. The van der Waals surface area contributed by atoms with Gasteiger partial charge in [-0.15, -0.1) is 0 Å². The van der Waals surface area contributed by atoms with Crippen molar-refractivity contribution in [2.45, 2.75) is 19.9 Å². The van der Waals surface area contributed by atoms with Crippen molar-refractivity contribution in [2.75, 3.05) is 0 Å². The number of aryl methyl sites for hydroxylation is 1. The minimum Gasteiger partial charge on any atom is -0.425 e. The molecule has 0 radical (unpaired) electrons. The molecule has 0 saturated heterocycles. The zero-order chi connectivity index (χ0) is 10.7. The van der Waals surface area contributed by atoms with Crippen LogP contribution in [0.25, 0.3) is 0 Å². The summed E-state index contributed by atoms with van der Waals surface area (Å²) in [6.45, 7) is 3.39. The van der Waals surface area contributed by atoms with Crippen LogP contribution in [0.2, 0.25) is 5.02 Å². The van der Waals surface area contributed by atoms with E-state index in [9.17, 15) is 4.79 Å². The normalized spacial score (nSPS) is 12.3. The van der Waals surface area contributed by atoms with Gasteiger partial charge in [0.1, 0.15) is 11.8 Å². The Morgan fingerprint density at radius 1 is 1.57 bits per heavy atom. The van der Waals surface area contributed by atoms with E-state index in [1.54, 1.807) is 25.1 Å². The molecule has 1 aromatic rings. The van der Waals surface area contributed by atoms with Crippen LogP contribution in [0.15, 0.2) is 18.2 Å². The highest BCUT2D eigenvalue weighted by Gasteiger charge is 2.11. The average molecular weight is 214 g/mol. The first-order valence-electron chi connectivity index (χ1n) is 4.24. The number of rotatable bonds is 2. The molecule has 3 nitrogen and oxygen atoms in total. The first-order chi connectivity index (χ1) is 6.50. The highest BCUT2D eigenvalue weighted by Crippen LogP contribution is 2.21. The van der Waals surface area contributed by atoms with Crippen LogP contribution in [0, 0.1) is 6.92 Å². The summed E-state index contributed by atoms with van der Waals surface area (Å²) in [5.74, 6) is 0.0483. The lowest BCUT2D eigenvalue weighted by molar-refractivity contribution is -0.135. The van der Waals surface area contributed by atoms with Gasteiger partial charge in [0.25, 0.3) is 0 Å². The zero-order valence-corrected chi connectivity index (χ0v) is 8.84. The molecule has 1 aromatic carbocycles. The van der Waals surface area contributed by atoms with Crippen LogP contribution in [0.1, 0.15) is 12.5 Å². The van der Waals surface area contributed by atoms with Gasteiger partial charge in [0.05, 0.1) is 0 Å². The number of halogens is 1.